The number of benzene rings is 1. The van der Waals surface area contributed by atoms with Gasteiger partial charge in [0.1, 0.15) is 0 Å². The smallest absolute Gasteiger partial charge is 0.230 e. The van der Waals surface area contributed by atoms with Crippen molar-refractivity contribution < 1.29 is 9.90 Å². The molecule has 0 unspecified atom stereocenters. The highest BCUT2D eigenvalue weighted by atomic mass is 79.9. The fourth-order valence-corrected chi connectivity index (χ4v) is 3.04. The Morgan fingerprint density at radius 3 is 2.68 bits per heavy atom. The highest BCUT2D eigenvalue weighted by molar-refractivity contribution is 9.10. The minimum absolute atomic E-state index is 0.0654. The lowest BCUT2D eigenvalue weighted by Gasteiger charge is -2.05. The van der Waals surface area contributed by atoms with Gasteiger partial charge in [-0.15, -0.1) is 11.8 Å². The molecule has 0 heterocycles. The SMILES string of the molecule is O=C(CSc1ccc(Br)cc1)NCCSCCCO. The molecule has 2 N–H and O–H groups in total. The van der Waals surface area contributed by atoms with Gasteiger partial charge >= 0.3 is 0 Å². The first-order valence-electron chi connectivity index (χ1n) is 6.06. The van der Waals surface area contributed by atoms with Crippen molar-refractivity contribution in [1.29, 1.82) is 0 Å². The number of carbonyl (C=O) groups is 1. The molecule has 1 aromatic rings. The van der Waals surface area contributed by atoms with Crippen LogP contribution in [0, 0.1) is 0 Å². The molecular weight excluding hydrogens is 346 g/mol. The molecule has 3 nitrogen and oxygen atoms in total. The maximum Gasteiger partial charge on any atom is 0.230 e. The second kappa shape index (κ2) is 10.6. The second-order valence-corrected chi connectivity index (χ2v) is 6.97. The number of rotatable bonds is 9. The number of halogens is 1. The highest BCUT2D eigenvalue weighted by Crippen LogP contribution is 2.20. The lowest BCUT2D eigenvalue weighted by molar-refractivity contribution is -0.118. The van der Waals surface area contributed by atoms with Gasteiger partial charge in [0.2, 0.25) is 5.91 Å². The van der Waals surface area contributed by atoms with E-state index in [4.69, 9.17) is 5.11 Å². The van der Waals surface area contributed by atoms with Crippen LogP contribution in [0.2, 0.25) is 0 Å². The van der Waals surface area contributed by atoms with Gasteiger partial charge in [-0.1, -0.05) is 15.9 Å². The summed E-state index contributed by atoms with van der Waals surface area (Å²) in [4.78, 5) is 12.7. The van der Waals surface area contributed by atoms with Gasteiger partial charge in [-0.3, -0.25) is 4.79 Å². The van der Waals surface area contributed by atoms with E-state index < -0.39 is 0 Å². The Morgan fingerprint density at radius 1 is 1.26 bits per heavy atom. The van der Waals surface area contributed by atoms with Crippen molar-refractivity contribution in [2.45, 2.75) is 11.3 Å². The van der Waals surface area contributed by atoms with Gasteiger partial charge in [0.25, 0.3) is 0 Å². The van der Waals surface area contributed by atoms with Crippen LogP contribution in [0.1, 0.15) is 6.42 Å². The molecule has 0 radical (unpaired) electrons. The van der Waals surface area contributed by atoms with Gasteiger partial charge in [0.05, 0.1) is 5.75 Å². The summed E-state index contributed by atoms with van der Waals surface area (Å²) in [5.74, 6) is 2.35. The molecule has 1 aromatic carbocycles. The van der Waals surface area contributed by atoms with Crippen LogP contribution in [0.5, 0.6) is 0 Å². The Labute approximate surface area is 131 Å². The van der Waals surface area contributed by atoms with E-state index in [1.54, 1.807) is 11.8 Å². The predicted octanol–water partition coefficient (Wildman–Crippen LogP) is 2.77. The lowest BCUT2D eigenvalue weighted by Crippen LogP contribution is -2.27. The summed E-state index contributed by atoms with van der Waals surface area (Å²) in [6.45, 7) is 0.930. The predicted molar refractivity (Wildman–Crippen MR) is 86.9 cm³/mol. The molecule has 1 amide bonds. The Morgan fingerprint density at radius 2 is 2.00 bits per heavy atom. The summed E-state index contributed by atoms with van der Waals surface area (Å²) in [5.41, 5.74) is 0. The van der Waals surface area contributed by atoms with Crippen LogP contribution in [-0.4, -0.2) is 41.4 Å². The number of hydrogen-bond acceptors (Lipinski definition) is 4. The minimum Gasteiger partial charge on any atom is -0.396 e. The van der Waals surface area contributed by atoms with E-state index in [-0.39, 0.29) is 12.5 Å². The quantitative estimate of drug-likeness (QED) is 0.523. The van der Waals surface area contributed by atoms with Gasteiger partial charge in [-0.25, -0.2) is 0 Å². The average Bonchev–Trinajstić information content (AvgIpc) is 2.42. The summed E-state index contributed by atoms with van der Waals surface area (Å²) in [5, 5.41) is 11.5. The van der Waals surface area contributed by atoms with Crippen molar-refractivity contribution in [2.75, 3.05) is 30.4 Å². The van der Waals surface area contributed by atoms with E-state index in [1.807, 2.05) is 24.3 Å². The van der Waals surface area contributed by atoms with Gasteiger partial charge in [-0.2, -0.15) is 11.8 Å². The fourth-order valence-electron chi connectivity index (χ4n) is 1.26. The summed E-state index contributed by atoms with van der Waals surface area (Å²) >= 11 is 6.66. The largest absolute Gasteiger partial charge is 0.396 e. The number of carbonyl (C=O) groups excluding carboxylic acids is 1. The lowest BCUT2D eigenvalue weighted by atomic mass is 10.4. The first kappa shape index (κ1) is 16.9. The zero-order valence-electron chi connectivity index (χ0n) is 10.6. The summed E-state index contributed by atoms with van der Waals surface area (Å²) < 4.78 is 1.04. The number of aliphatic hydroxyl groups excluding tert-OH is 1. The van der Waals surface area contributed by atoms with E-state index in [2.05, 4.69) is 21.2 Å². The third-order valence-electron chi connectivity index (χ3n) is 2.20. The normalized spacial score (nSPS) is 10.4. The number of aliphatic hydroxyl groups is 1. The molecule has 6 heteroatoms. The number of hydrogen-bond donors (Lipinski definition) is 2. The first-order chi connectivity index (χ1) is 9.22. The van der Waals surface area contributed by atoms with Crippen molar-refractivity contribution in [1.82, 2.24) is 5.32 Å². The summed E-state index contributed by atoms with van der Waals surface area (Å²) in [6, 6.07) is 7.93. The van der Waals surface area contributed by atoms with E-state index in [9.17, 15) is 4.79 Å². The summed E-state index contributed by atoms with van der Waals surface area (Å²) in [6.07, 6.45) is 0.817. The molecule has 0 spiro atoms. The molecule has 0 bridgehead atoms. The molecule has 19 heavy (non-hydrogen) atoms. The van der Waals surface area contributed by atoms with Crippen LogP contribution in [0.3, 0.4) is 0 Å². The van der Waals surface area contributed by atoms with Gasteiger partial charge in [0.15, 0.2) is 0 Å². The Bertz CT molecular complexity index is 373. The Balaban J connectivity index is 2.06. The van der Waals surface area contributed by atoms with Crippen LogP contribution < -0.4 is 5.32 Å². The van der Waals surface area contributed by atoms with Crippen molar-refractivity contribution in [3.05, 3.63) is 28.7 Å². The Kier molecular flexibility index (Phi) is 9.42. The maximum atomic E-state index is 11.6. The van der Waals surface area contributed by atoms with Gasteiger partial charge in [0, 0.05) is 28.3 Å². The molecule has 0 fully saturated rings. The van der Waals surface area contributed by atoms with Crippen LogP contribution in [0.4, 0.5) is 0 Å². The van der Waals surface area contributed by atoms with E-state index in [1.165, 1.54) is 11.8 Å². The van der Waals surface area contributed by atoms with Crippen molar-refractivity contribution in [3.8, 4) is 0 Å². The van der Waals surface area contributed by atoms with Crippen molar-refractivity contribution in [2.24, 2.45) is 0 Å². The topological polar surface area (TPSA) is 49.3 Å². The molecule has 0 aliphatic rings. The zero-order valence-corrected chi connectivity index (χ0v) is 13.8. The standard InChI is InChI=1S/C13H18BrNO2S2/c14-11-2-4-12(5-3-11)19-10-13(17)15-6-9-18-8-1-7-16/h2-5,16H,1,6-10H2,(H,15,17). The van der Waals surface area contributed by atoms with E-state index in [0.717, 1.165) is 27.3 Å². The molecule has 0 saturated carbocycles. The van der Waals surface area contributed by atoms with Crippen molar-refractivity contribution >= 4 is 45.4 Å². The molecule has 0 aliphatic carbocycles. The van der Waals surface area contributed by atoms with Crippen molar-refractivity contribution in [3.63, 3.8) is 0 Å². The molecule has 106 valence electrons. The fraction of sp³-hybridized carbons (Fsp3) is 0.462. The second-order valence-electron chi connectivity index (χ2n) is 3.78. The number of thioether (sulfide) groups is 2. The molecule has 0 atom stereocenters. The third kappa shape index (κ3) is 8.57. The van der Waals surface area contributed by atoms with E-state index in [0.29, 0.717) is 12.3 Å². The molecular formula is C13H18BrNO2S2. The van der Waals surface area contributed by atoms with Crippen LogP contribution in [-0.2, 0) is 4.79 Å². The average molecular weight is 364 g/mol. The van der Waals surface area contributed by atoms with Crippen LogP contribution >= 0.6 is 39.5 Å². The maximum absolute atomic E-state index is 11.6. The molecule has 0 aromatic heterocycles. The van der Waals surface area contributed by atoms with Gasteiger partial charge < -0.3 is 10.4 Å². The monoisotopic (exact) mass is 363 g/mol. The minimum atomic E-state index is 0.0654. The summed E-state index contributed by atoms with van der Waals surface area (Å²) in [7, 11) is 0. The number of amides is 1. The first-order valence-corrected chi connectivity index (χ1v) is 8.99. The van der Waals surface area contributed by atoms with E-state index >= 15 is 0 Å². The van der Waals surface area contributed by atoms with Gasteiger partial charge in [-0.05, 0) is 36.4 Å². The third-order valence-corrected chi connectivity index (χ3v) is 4.81. The molecule has 1 rings (SSSR count). The highest BCUT2D eigenvalue weighted by Gasteiger charge is 2.02. The zero-order chi connectivity index (χ0) is 13.9. The Hall–Kier alpha value is -0.170. The van der Waals surface area contributed by atoms with Crippen LogP contribution in [0.25, 0.3) is 0 Å². The molecule has 0 aliphatic heterocycles. The molecule has 0 saturated heterocycles. The van der Waals surface area contributed by atoms with Crippen LogP contribution in [0.15, 0.2) is 33.6 Å². The number of nitrogens with one attached hydrogen (secondary N) is 1.